The number of nitrogens with one attached hydrogen (secondary N) is 1. The smallest absolute Gasteiger partial charge is 0.280 e. The van der Waals surface area contributed by atoms with Gasteiger partial charge in [-0.25, -0.2) is 5.43 Å². The van der Waals surface area contributed by atoms with Crippen molar-refractivity contribution in [2.45, 2.75) is 40.2 Å². The summed E-state index contributed by atoms with van der Waals surface area (Å²) in [5.74, 6) is -1.01. The van der Waals surface area contributed by atoms with Crippen molar-refractivity contribution in [3.63, 3.8) is 0 Å². The maximum atomic E-state index is 12.7. The number of fused-ring (bicyclic) bond motifs is 1. The number of para-hydroxylation sites is 1. The molecule has 1 aromatic heterocycles. The molecule has 0 saturated carbocycles. The van der Waals surface area contributed by atoms with Crippen LogP contribution in [0.3, 0.4) is 0 Å². The van der Waals surface area contributed by atoms with Crippen molar-refractivity contribution in [1.82, 2.24) is 9.99 Å². The van der Waals surface area contributed by atoms with Gasteiger partial charge in [-0.05, 0) is 32.4 Å². The predicted octanol–water partition coefficient (Wildman–Crippen LogP) is 2.63. The van der Waals surface area contributed by atoms with Crippen LogP contribution < -0.4 is 11.0 Å². The second kappa shape index (κ2) is 7.09. The number of hydrogen-bond donors (Lipinski definition) is 2. The van der Waals surface area contributed by atoms with E-state index >= 15 is 0 Å². The molecule has 1 amide bonds. The van der Waals surface area contributed by atoms with Crippen LogP contribution >= 0.6 is 0 Å². The van der Waals surface area contributed by atoms with E-state index < -0.39 is 11.5 Å². The Hall–Kier alpha value is -2.63. The molecule has 0 bridgehead atoms. The number of carbonyl (C=O) groups excluding carboxylic acids is 1. The lowest BCUT2D eigenvalue weighted by molar-refractivity contribution is 0.0950. The number of aromatic nitrogens is 1. The molecule has 0 radical (unpaired) electrons. The van der Waals surface area contributed by atoms with Crippen LogP contribution in [-0.2, 0) is 6.54 Å². The number of aryl methyl sites for hydroxylation is 1. The molecular weight excluding hydrogens is 294 g/mol. The molecule has 0 fully saturated rings. The largest absolute Gasteiger partial charge is 0.506 e. The van der Waals surface area contributed by atoms with Crippen molar-refractivity contribution in [1.29, 1.82) is 0 Å². The van der Waals surface area contributed by atoms with Crippen molar-refractivity contribution in [3.05, 3.63) is 40.2 Å². The first-order valence-corrected chi connectivity index (χ1v) is 7.63. The number of amides is 1. The topological polar surface area (TPSA) is 83.7 Å². The van der Waals surface area contributed by atoms with Crippen LogP contribution in [0.1, 0.15) is 44.0 Å². The SMILES string of the molecule is CCCCn1c(=O)c(C(=O)NN=C(C)C)c(O)c2ccccc21. The third-order valence-electron chi connectivity index (χ3n) is 3.49. The van der Waals surface area contributed by atoms with Gasteiger partial charge >= 0.3 is 0 Å². The number of unbranched alkanes of at least 4 members (excludes halogenated alkanes) is 1. The molecule has 0 aliphatic carbocycles. The molecule has 1 heterocycles. The van der Waals surface area contributed by atoms with Gasteiger partial charge in [-0.3, -0.25) is 9.59 Å². The zero-order chi connectivity index (χ0) is 17.0. The highest BCUT2D eigenvalue weighted by molar-refractivity contribution is 6.02. The van der Waals surface area contributed by atoms with Gasteiger partial charge in [0, 0.05) is 17.6 Å². The molecular formula is C17H21N3O3. The standard InChI is InChI=1S/C17H21N3O3/c1-4-5-10-20-13-9-7-6-8-12(13)15(21)14(17(20)23)16(22)19-18-11(2)3/h6-9,21H,4-5,10H2,1-3H3,(H,19,22). The lowest BCUT2D eigenvalue weighted by Crippen LogP contribution is -2.32. The number of rotatable bonds is 5. The van der Waals surface area contributed by atoms with Crippen LogP contribution in [0.15, 0.2) is 34.2 Å². The van der Waals surface area contributed by atoms with E-state index in [2.05, 4.69) is 10.5 Å². The van der Waals surface area contributed by atoms with Crippen molar-refractivity contribution >= 4 is 22.5 Å². The summed E-state index contributed by atoms with van der Waals surface area (Å²) >= 11 is 0. The Bertz CT molecular complexity index is 818. The Kier molecular flexibility index (Phi) is 5.16. The molecule has 23 heavy (non-hydrogen) atoms. The summed E-state index contributed by atoms with van der Waals surface area (Å²) in [6.45, 7) is 5.96. The molecule has 0 atom stereocenters. The van der Waals surface area contributed by atoms with E-state index in [0.717, 1.165) is 12.8 Å². The Balaban J connectivity index is 2.67. The van der Waals surface area contributed by atoms with Gasteiger partial charge in [0.2, 0.25) is 0 Å². The Labute approximate surface area is 134 Å². The fraction of sp³-hybridized carbons (Fsp3) is 0.353. The normalized spacial score (nSPS) is 10.6. The summed E-state index contributed by atoms with van der Waals surface area (Å²) in [5, 5.41) is 14.7. The zero-order valence-corrected chi connectivity index (χ0v) is 13.6. The summed E-state index contributed by atoms with van der Waals surface area (Å²) < 4.78 is 1.54. The van der Waals surface area contributed by atoms with Crippen molar-refractivity contribution in [2.24, 2.45) is 5.10 Å². The highest BCUT2D eigenvalue weighted by atomic mass is 16.3. The van der Waals surface area contributed by atoms with Crippen LogP contribution in [-0.4, -0.2) is 21.3 Å². The van der Waals surface area contributed by atoms with E-state index in [1.807, 2.05) is 6.92 Å². The first-order chi connectivity index (χ1) is 11.0. The molecule has 0 saturated heterocycles. The number of aromatic hydroxyl groups is 1. The van der Waals surface area contributed by atoms with Crippen LogP contribution in [0, 0.1) is 0 Å². The minimum absolute atomic E-state index is 0.273. The minimum Gasteiger partial charge on any atom is -0.506 e. The van der Waals surface area contributed by atoms with E-state index in [4.69, 9.17) is 0 Å². The quantitative estimate of drug-likeness (QED) is 0.657. The van der Waals surface area contributed by atoms with E-state index in [1.165, 1.54) is 4.57 Å². The Morgan fingerprint density at radius 3 is 2.65 bits per heavy atom. The molecule has 6 heteroatoms. The first-order valence-electron chi connectivity index (χ1n) is 7.63. The van der Waals surface area contributed by atoms with Crippen LogP contribution in [0.2, 0.25) is 0 Å². The zero-order valence-electron chi connectivity index (χ0n) is 13.6. The van der Waals surface area contributed by atoms with Gasteiger partial charge in [-0.2, -0.15) is 5.10 Å². The molecule has 6 nitrogen and oxygen atoms in total. The average molecular weight is 315 g/mol. The molecule has 0 aliphatic heterocycles. The van der Waals surface area contributed by atoms with Gasteiger partial charge in [0.25, 0.3) is 11.5 Å². The van der Waals surface area contributed by atoms with Crippen molar-refractivity contribution < 1.29 is 9.90 Å². The Morgan fingerprint density at radius 2 is 2.00 bits per heavy atom. The highest BCUT2D eigenvalue weighted by Gasteiger charge is 2.21. The van der Waals surface area contributed by atoms with Gasteiger partial charge in [0.1, 0.15) is 11.3 Å². The summed E-state index contributed by atoms with van der Waals surface area (Å²) in [5.41, 5.74) is 2.79. The number of hydrazone groups is 1. The van der Waals surface area contributed by atoms with E-state index in [9.17, 15) is 14.7 Å². The molecule has 2 N–H and O–H groups in total. The molecule has 0 spiro atoms. The van der Waals surface area contributed by atoms with Crippen molar-refractivity contribution in [2.75, 3.05) is 0 Å². The minimum atomic E-state index is -0.704. The maximum absolute atomic E-state index is 12.7. The lowest BCUT2D eigenvalue weighted by Gasteiger charge is -2.14. The first kappa shape index (κ1) is 16.7. The van der Waals surface area contributed by atoms with E-state index in [1.54, 1.807) is 38.1 Å². The third-order valence-corrected chi connectivity index (χ3v) is 3.49. The van der Waals surface area contributed by atoms with Gasteiger partial charge in [0.15, 0.2) is 0 Å². The molecule has 0 unspecified atom stereocenters. The lowest BCUT2D eigenvalue weighted by atomic mass is 10.1. The predicted molar refractivity (Wildman–Crippen MR) is 91.0 cm³/mol. The Morgan fingerprint density at radius 1 is 1.30 bits per heavy atom. The molecule has 0 aliphatic rings. The van der Waals surface area contributed by atoms with Crippen LogP contribution in [0.4, 0.5) is 0 Å². The fourth-order valence-electron chi connectivity index (χ4n) is 2.35. The van der Waals surface area contributed by atoms with Crippen molar-refractivity contribution in [3.8, 4) is 5.75 Å². The molecule has 1 aromatic carbocycles. The summed E-state index contributed by atoms with van der Waals surface area (Å²) in [4.78, 5) is 25.0. The number of pyridine rings is 1. The fourth-order valence-corrected chi connectivity index (χ4v) is 2.35. The second-order valence-electron chi connectivity index (χ2n) is 5.55. The van der Waals surface area contributed by atoms with Gasteiger partial charge in [0.05, 0.1) is 5.52 Å². The second-order valence-corrected chi connectivity index (χ2v) is 5.55. The maximum Gasteiger partial charge on any atom is 0.280 e. The molecule has 2 aromatic rings. The van der Waals surface area contributed by atoms with Crippen LogP contribution in [0.5, 0.6) is 5.75 Å². The van der Waals surface area contributed by atoms with Gasteiger partial charge < -0.3 is 9.67 Å². The van der Waals surface area contributed by atoms with Crippen LogP contribution in [0.25, 0.3) is 10.9 Å². The number of carbonyl (C=O) groups is 1. The third kappa shape index (κ3) is 3.41. The summed E-state index contributed by atoms with van der Waals surface area (Å²) in [7, 11) is 0. The summed E-state index contributed by atoms with van der Waals surface area (Å²) in [6.07, 6.45) is 1.73. The average Bonchev–Trinajstić information content (AvgIpc) is 2.53. The summed E-state index contributed by atoms with van der Waals surface area (Å²) in [6, 6.07) is 7.01. The highest BCUT2D eigenvalue weighted by Crippen LogP contribution is 2.26. The molecule has 2 rings (SSSR count). The van der Waals surface area contributed by atoms with Gasteiger partial charge in [-0.15, -0.1) is 0 Å². The number of benzene rings is 1. The number of hydrogen-bond acceptors (Lipinski definition) is 4. The molecule has 122 valence electrons. The van der Waals surface area contributed by atoms with E-state index in [0.29, 0.717) is 23.2 Å². The van der Waals surface area contributed by atoms with E-state index in [-0.39, 0.29) is 11.3 Å². The monoisotopic (exact) mass is 315 g/mol. The van der Waals surface area contributed by atoms with Gasteiger partial charge in [-0.1, -0.05) is 25.5 Å². The number of nitrogens with zero attached hydrogens (tertiary/aromatic N) is 2.